The number of hydrogen-bond acceptors (Lipinski definition) is 7. The van der Waals surface area contributed by atoms with Gasteiger partial charge in [0.2, 0.25) is 12.3 Å². The molecule has 0 spiro atoms. The smallest absolute Gasteiger partial charge is 0.291 e. The number of carbonyl (C=O) groups is 2. The van der Waals surface area contributed by atoms with E-state index in [1.807, 2.05) is 61.1 Å². The van der Waals surface area contributed by atoms with Crippen molar-refractivity contribution in [2.75, 3.05) is 45.7 Å². The number of likely N-dealkylation sites (N-methyl/N-ethyl adjacent to an activating group) is 1. The molecule has 2 N–H and O–H groups in total. The van der Waals surface area contributed by atoms with Gasteiger partial charge in [0.15, 0.2) is 5.82 Å². The second kappa shape index (κ2) is 15.1. The molecule has 0 aliphatic carbocycles. The quantitative estimate of drug-likeness (QED) is 0.140. The van der Waals surface area contributed by atoms with Gasteiger partial charge in [-0.3, -0.25) is 14.5 Å². The van der Waals surface area contributed by atoms with E-state index in [-0.39, 0.29) is 5.91 Å². The summed E-state index contributed by atoms with van der Waals surface area (Å²) in [4.78, 5) is 38.0. The SMILES string of the molecule is CCCN(CCNC=O)Cc1ccc(-c2cccc(-c3cccc(NC(=O)c4nc5c(n4C)CCN(C)C5)c3Cl)c2Cl)nc1OC. The molecule has 0 fully saturated rings. The number of imidazole rings is 1. The molecule has 0 unspecified atom stereocenters. The van der Waals surface area contributed by atoms with Crippen LogP contribution in [0.15, 0.2) is 48.5 Å². The molecule has 0 saturated carbocycles. The maximum absolute atomic E-state index is 13.4. The van der Waals surface area contributed by atoms with Gasteiger partial charge in [-0.2, -0.15) is 0 Å². The molecule has 2 amide bonds. The highest BCUT2D eigenvalue weighted by Gasteiger charge is 2.25. The number of anilines is 1. The van der Waals surface area contributed by atoms with Crippen molar-refractivity contribution in [3.05, 3.63) is 81.4 Å². The first-order valence-electron chi connectivity index (χ1n) is 15.3. The third-order valence-electron chi connectivity index (χ3n) is 8.18. The highest BCUT2D eigenvalue weighted by Crippen LogP contribution is 2.41. The van der Waals surface area contributed by atoms with E-state index < -0.39 is 0 Å². The summed E-state index contributed by atoms with van der Waals surface area (Å²) in [6, 6.07) is 15.1. The topological polar surface area (TPSA) is 105 Å². The molecular formula is C34H39Cl2N7O3. The maximum Gasteiger partial charge on any atom is 0.291 e. The van der Waals surface area contributed by atoms with Gasteiger partial charge in [-0.05, 0) is 32.1 Å². The van der Waals surface area contributed by atoms with Crippen LogP contribution in [0.4, 0.5) is 5.69 Å². The molecule has 0 bridgehead atoms. The fourth-order valence-corrected chi connectivity index (χ4v) is 6.44. The number of pyridine rings is 1. The summed E-state index contributed by atoms with van der Waals surface area (Å²) in [5.74, 6) is 0.529. The average Bonchev–Trinajstić information content (AvgIpc) is 3.38. The van der Waals surface area contributed by atoms with Gasteiger partial charge in [-0.25, -0.2) is 9.97 Å². The Labute approximate surface area is 279 Å². The number of hydrogen-bond donors (Lipinski definition) is 2. The summed E-state index contributed by atoms with van der Waals surface area (Å²) in [5.41, 5.74) is 6.16. The number of amides is 2. The second-order valence-electron chi connectivity index (χ2n) is 11.4. The Bertz CT molecular complexity index is 1730. The standard InChI is InChI=1S/C34H39Cl2N7O3/c1-5-16-43(18-15-37-21-44)19-22-12-13-26(40-34(22)46-4)25-10-6-8-23(30(25)35)24-9-7-11-27(31(24)36)39-33(45)32-38-28-20-41(2)17-14-29(28)42(32)3/h6-13,21H,5,14-20H2,1-4H3,(H,37,44)(H,39,45). The maximum atomic E-state index is 13.4. The third-order valence-corrected chi connectivity index (χ3v) is 9.00. The van der Waals surface area contributed by atoms with Crippen LogP contribution in [0.5, 0.6) is 5.88 Å². The molecule has 1 aliphatic heterocycles. The number of halogens is 2. The molecule has 10 nitrogen and oxygen atoms in total. The Kier molecular flexibility index (Phi) is 11.0. The van der Waals surface area contributed by atoms with Crippen molar-refractivity contribution < 1.29 is 14.3 Å². The number of benzene rings is 2. The molecule has 0 radical (unpaired) electrons. The number of methoxy groups -OCH3 is 1. The number of ether oxygens (including phenoxy) is 1. The van der Waals surface area contributed by atoms with E-state index in [1.54, 1.807) is 13.2 Å². The average molecular weight is 665 g/mol. The van der Waals surface area contributed by atoms with Crippen molar-refractivity contribution in [2.24, 2.45) is 7.05 Å². The lowest BCUT2D eigenvalue weighted by molar-refractivity contribution is -0.109. The molecule has 12 heteroatoms. The zero-order chi connectivity index (χ0) is 32.8. The van der Waals surface area contributed by atoms with Crippen LogP contribution >= 0.6 is 23.2 Å². The van der Waals surface area contributed by atoms with E-state index in [1.165, 1.54) is 0 Å². The summed E-state index contributed by atoms with van der Waals surface area (Å²) < 4.78 is 7.56. The van der Waals surface area contributed by atoms with E-state index in [0.717, 1.165) is 48.4 Å². The van der Waals surface area contributed by atoms with Gasteiger partial charge in [0.1, 0.15) is 0 Å². The Hall–Kier alpha value is -3.96. The Morgan fingerprint density at radius 1 is 1.02 bits per heavy atom. The van der Waals surface area contributed by atoms with Crippen LogP contribution in [0.1, 0.15) is 40.9 Å². The van der Waals surface area contributed by atoms with Crippen LogP contribution < -0.4 is 15.4 Å². The first-order chi connectivity index (χ1) is 22.2. The van der Waals surface area contributed by atoms with E-state index in [4.69, 9.17) is 32.9 Å². The van der Waals surface area contributed by atoms with E-state index >= 15 is 0 Å². The molecule has 4 aromatic rings. The number of aromatic nitrogens is 3. The van der Waals surface area contributed by atoms with Crippen molar-refractivity contribution in [2.45, 2.75) is 32.9 Å². The summed E-state index contributed by atoms with van der Waals surface area (Å²) in [6.07, 6.45) is 2.53. The highest BCUT2D eigenvalue weighted by molar-refractivity contribution is 6.39. The molecule has 242 valence electrons. The van der Waals surface area contributed by atoms with Gasteiger partial charge in [0, 0.05) is 74.1 Å². The number of nitrogens with one attached hydrogen (secondary N) is 2. The minimum absolute atomic E-state index is 0.327. The number of nitrogens with zero attached hydrogens (tertiary/aromatic N) is 5. The molecule has 0 saturated heterocycles. The van der Waals surface area contributed by atoms with Gasteiger partial charge in [0.05, 0.1) is 34.2 Å². The molecule has 2 aromatic carbocycles. The van der Waals surface area contributed by atoms with Crippen LogP contribution in [-0.4, -0.2) is 77.0 Å². The molecule has 3 heterocycles. The lowest BCUT2D eigenvalue weighted by atomic mass is 10.00. The third kappa shape index (κ3) is 7.20. The Morgan fingerprint density at radius 2 is 1.76 bits per heavy atom. The minimum atomic E-state index is -0.327. The first kappa shape index (κ1) is 33.4. The number of rotatable bonds is 13. The summed E-state index contributed by atoms with van der Waals surface area (Å²) >= 11 is 14.0. The lowest BCUT2D eigenvalue weighted by Crippen LogP contribution is -2.32. The fraction of sp³-hybridized carbons (Fsp3) is 0.353. The van der Waals surface area contributed by atoms with Crippen molar-refractivity contribution in [1.29, 1.82) is 0 Å². The molecule has 2 aromatic heterocycles. The minimum Gasteiger partial charge on any atom is -0.481 e. The van der Waals surface area contributed by atoms with Crippen LogP contribution in [0.3, 0.4) is 0 Å². The first-order valence-corrected chi connectivity index (χ1v) is 16.1. The lowest BCUT2D eigenvalue weighted by Gasteiger charge is -2.22. The number of carbonyl (C=O) groups excluding carboxylic acids is 2. The van der Waals surface area contributed by atoms with Gasteiger partial charge >= 0.3 is 0 Å². The van der Waals surface area contributed by atoms with Crippen LogP contribution in [-0.2, 0) is 31.4 Å². The van der Waals surface area contributed by atoms with Gasteiger partial charge < -0.3 is 24.8 Å². The van der Waals surface area contributed by atoms with Crippen molar-refractivity contribution in [3.63, 3.8) is 0 Å². The van der Waals surface area contributed by atoms with E-state index in [2.05, 4.69) is 32.3 Å². The van der Waals surface area contributed by atoms with Gasteiger partial charge in [-0.15, -0.1) is 0 Å². The highest BCUT2D eigenvalue weighted by atomic mass is 35.5. The van der Waals surface area contributed by atoms with E-state index in [0.29, 0.717) is 76.8 Å². The van der Waals surface area contributed by atoms with Crippen molar-refractivity contribution in [1.82, 2.24) is 29.7 Å². The van der Waals surface area contributed by atoms with Gasteiger partial charge in [0.25, 0.3) is 5.91 Å². The zero-order valence-corrected chi connectivity index (χ0v) is 28.1. The van der Waals surface area contributed by atoms with Gasteiger partial charge in [-0.1, -0.05) is 66.5 Å². The predicted molar refractivity (Wildman–Crippen MR) is 183 cm³/mol. The predicted octanol–water partition coefficient (Wildman–Crippen LogP) is 5.66. The normalized spacial score (nSPS) is 13.0. The van der Waals surface area contributed by atoms with Crippen LogP contribution in [0.25, 0.3) is 22.4 Å². The fourth-order valence-electron chi connectivity index (χ4n) is 5.84. The summed E-state index contributed by atoms with van der Waals surface area (Å²) in [7, 11) is 5.52. The van der Waals surface area contributed by atoms with Crippen molar-refractivity contribution >= 4 is 41.2 Å². The Morgan fingerprint density at radius 3 is 2.50 bits per heavy atom. The molecule has 1 aliphatic rings. The monoisotopic (exact) mass is 663 g/mol. The Balaban J connectivity index is 1.40. The second-order valence-corrected chi connectivity index (χ2v) is 12.1. The summed E-state index contributed by atoms with van der Waals surface area (Å²) in [6.45, 7) is 6.54. The van der Waals surface area contributed by atoms with Crippen LogP contribution in [0.2, 0.25) is 10.0 Å². The molecule has 5 rings (SSSR count). The van der Waals surface area contributed by atoms with Crippen LogP contribution in [0, 0.1) is 0 Å². The molecular weight excluding hydrogens is 625 g/mol. The molecule has 46 heavy (non-hydrogen) atoms. The molecule has 0 atom stereocenters. The van der Waals surface area contributed by atoms with Crippen molar-refractivity contribution in [3.8, 4) is 28.3 Å². The zero-order valence-electron chi connectivity index (χ0n) is 26.6. The largest absolute Gasteiger partial charge is 0.481 e. The number of fused-ring (bicyclic) bond motifs is 1. The summed E-state index contributed by atoms with van der Waals surface area (Å²) in [5, 5.41) is 6.53. The van der Waals surface area contributed by atoms with E-state index in [9.17, 15) is 9.59 Å².